The molecule has 0 radical (unpaired) electrons. The minimum absolute atomic E-state index is 0.00403. The summed E-state index contributed by atoms with van der Waals surface area (Å²) in [5, 5.41) is 67.2. The van der Waals surface area contributed by atoms with Gasteiger partial charge in [-0.3, -0.25) is 4.98 Å². The highest BCUT2D eigenvalue weighted by Crippen LogP contribution is 2.32. The Hall–Kier alpha value is -18.5. The number of aromatic nitrogens is 10. The summed E-state index contributed by atoms with van der Waals surface area (Å²) in [6, 6.07) is 84.0. The van der Waals surface area contributed by atoms with Crippen molar-refractivity contribution in [2.24, 2.45) is 0 Å². The molecule has 133 heavy (non-hydrogen) atoms. The predicted octanol–water partition coefficient (Wildman–Crippen LogP) is 22.6. The number of benzene rings is 11. The quantitative estimate of drug-likeness (QED) is 0.0497. The lowest BCUT2D eigenvalue weighted by molar-refractivity contribution is 0.0681. The van der Waals surface area contributed by atoms with Gasteiger partial charge in [0, 0.05) is 123 Å². The Morgan fingerprint density at radius 3 is 1.12 bits per heavy atom. The van der Waals surface area contributed by atoms with Crippen molar-refractivity contribution in [3.8, 4) is 39.8 Å². The molecule has 0 aliphatic heterocycles. The molecule has 21 rings (SSSR count). The van der Waals surface area contributed by atoms with Gasteiger partial charge in [-0.25, -0.2) is 69.9 Å². The molecule has 21 aromatic rings. The number of pyridine rings is 3. The number of nitrogens with zero attached hydrogens (tertiary/aromatic N) is 10. The lowest BCUT2D eigenvalue weighted by Gasteiger charge is -2.06. The zero-order valence-electron chi connectivity index (χ0n) is 69.4. The first kappa shape index (κ1) is 89.3. The average Bonchev–Trinajstić information content (AvgIpc) is 1.65. The van der Waals surface area contributed by atoms with Crippen molar-refractivity contribution in [3.63, 3.8) is 0 Å². The molecule has 10 heterocycles. The molecule has 0 atom stereocenters. The summed E-state index contributed by atoms with van der Waals surface area (Å²) in [5.74, 6) is -8.82. The normalized spacial score (nSPS) is 10.8. The summed E-state index contributed by atoms with van der Waals surface area (Å²) < 4.78 is 90.6. The Bertz CT molecular complexity index is 7780. The highest BCUT2D eigenvalue weighted by Gasteiger charge is 2.20. The number of para-hydroxylation sites is 3. The molecule has 0 bridgehead atoms. The Morgan fingerprint density at radius 2 is 0.632 bits per heavy atom. The molecule has 0 saturated heterocycles. The van der Waals surface area contributed by atoms with E-state index in [-0.39, 0.29) is 68.4 Å². The standard InChI is InChI=1S/C16H13NO2.3C15H10FNO2.3C14H9FN2O2/c1-11-10-17(15-5-3-2-4-14(11)15)13-8-6-12(7-9-13)16(18)19;16-10-4-3-5-11(8-10)17-9-13(15(18)19)12-6-1-2-7-14(12)17;16-10-4-6-11(7-5-10)17-9-8-12-13(15(18)19)2-1-3-14(12)17;16-10-5-7-11(8-6-10)17-9-13(15(18)19)12-3-1-2-4-14(12)17;15-10-1-3-11(4-2-10)17-6-5-12-13(17)7-9(8-16-12)14(18)19;15-11-1-3-12(4-2-11)17-6-5-9-7-10(14(18)19)8-16-13(9)17;15-9-1-3-10(4-2-9)17-8-7-11-13(17)6-5-12(16-11)14(18)19/h2-10H,1H3,(H,18,19);3*1-9H,(H,18,19);3*1-8H,(H,18,19). The minimum Gasteiger partial charge on any atom is -0.478 e. The number of carboxylic acid groups (broad SMARTS) is 7. The molecular formula is C103H70F6N10O14. The maximum atomic E-state index is 13.3. The molecular weight excluding hydrogens is 1720 g/mol. The number of aryl methyl sites for hydroxylation is 1. The largest absolute Gasteiger partial charge is 0.478 e. The number of aromatic carboxylic acids is 7. The van der Waals surface area contributed by atoms with Crippen molar-refractivity contribution >= 4 is 118 Å². The summed E-state index contributed by atoms with van der Waals surface area (Å²) in [7, 11) is 0. The van der Waals surface area contributed by atoms with Crippen LogP contribution in [0.2, 0.25) is 0 Å². The number of hydrogen-bond donors (Lipinski definition) is 7. The minimum atomic E-state index is -1.06. The maximum absolute atomic E-state index is 13.3. The van der Waals surface area contributed by atoms with Crippen LogP contribution in [0.25, 0.3) is 117 Å². The van der Waals surface area contributed by atoms with Crippen LogP contribution >= 0.6 is 0 Å². The van der Waals surface area contributed by atoms with Crippen LogP contribution < -0.4 is 0 Å². The van der Waals surface area contributed by atoms with E-state index in [1.807, 2.05) is 63.7 Å². The Labute approximate surface area is 748 Å². The van der Waals surface area contributed by atoms with E-state index in [0.29, 0.717) is 49.6 Å². The van der Waals surface area contributed by atoms with Crippen molar-refractivity contribution in [2.45, 2.75) is 6.92 Å². The van der Waals surface area contributed by atoms with Gasteiger partial charge in [-0.1, -0.05) is 66.7 Å². The van der Waals surface area contributed by atoms with Crippen LogP contribution in [0.15, 0.2) is 365 Å². The fourth-order valence-electron chi connectivity index (χ4n) is 14.7. The number of hydrogen-bond acceptors (Lipinski definition) is 10. The van der Waals surface area contributed by atoms with Crippen molar-refractivity contribution < 1.29 is 95.6 Å². The third-order valence-corrected chi connectivity index (χ3v) is 21.1. The van der Waals surface area contributed by atoms with Crippen molar-refractivity contribution in [1.29, 1.82) is 0 Å². The van der Waals surface area contributed by atoms with E-state index < -0.39 is 41.8 Å². The highest BCUT2D eigenvalue weighted by molar-refractivity contribution is 6.06. The first-order valence-electron chi connectivity index (χ1n) is 40.2. The first-order chi connectivity index (χ1) is 64.1. The summed E-state index contributed by atoms with van der Waals surface area (Å²) in [5.41, 5.74) is 14.7. The van der Waals surface area contributed by atoms with E-state index in [0.717, 1.165) is 67.1 Å². The monoisotopic (exact) mass is 1780 g/mol. The van der Waals surface area contributed by atoms with Crippen LogP contribution in [0.5, 0.6) is 0 Å². The third kappa shape index (κ3) is 20.0. The number of carboxylic acids is 7. The van der Waals surface area contributed by atoms with Gasteiger partial charge in [-0.2, -0.15) is 0 Å². The second kappa shape index (κ2) is 39.2. The van der Waals surface area contributed by atoms with E-state index in [1.165, 1.54) is 108 Å². The van der Waals surface area contributed by atoms with E-state index in [9.17, 15) is 70.1 Å². The fraction of sp³-hybridized carbons (Fsp3) is 0.00971. The van der Waals surface area contributed by atoms with Crippen LogP contribution in [0, 0.1) is 41.8 Å². The molecule has 7 N–H and O–H groups in total. The van der Waals surface area contributed by atoms with Crippen LogP contribution in [0.1, 0.15) is 78.2 Å². The molecule has 10 aromatic heterocycles. The van der Waals surface area contributed by atoms with Crippen LogP contribution in [-0.2, 0) is 0 Å². The van der Waals surface area contributed by atoms with Gasteiger partial charge in [0.15, 0.2) is 0 Å². The van der Waals surface area contributed by atoms with Gasteiger partial charge >= 0.3 is 41.8 Å². The predicted molar refractivity (Wildman–Crippen MR) is 490 cm³/mol. The Kier molecular flexibility index (Phi) is 26.3. The molecule has 658 valence electrons. The van der Waals surface area contributed by atoms with Gasteiger partial charge in [0.2, 0.25) is 0 Å². The number of fused-ring (bicyclic) bond motifs is 7. The Balaban J connectivity index is 0.000000118. The second-order valence-electron chi connectivity index (χ2n) is 29.5. The molecule has 0 aliphatic carbocycles. The molecule has 0 aliphatic rings. The maximum Gasteiger partial charge on any atom is 0.354 e. The van der Waals surface area contributed by atoms with E-state index >= 15 is 0 Å². The van der Waals surface area contributed by atoms with Gasteiger partial charge in [0.1, 0.15) is 46.2 Å². The smallest absolute Gasteiger partial charge is 0.354 e. The molecule has 0 amide bonds. The molecule has 0 unspecified atom stereocenters. The molecule has 0 spiro atoms. The molecule has 0 fully saturated rings. The summed E-state index contributed by atoms with van der Waals surface area (Å²) in [4.78, 5) is 89.4. The lowest BCUT2D eigenvalue weighted by atomic mass is 10.1. The fourth-order valence-corrected chi connectivity index (χ4v) is 14.7. The summed E-state index contributed by atoms with van der Waals surface area (Å²) in [6.07, 6.45) is 14.9. The first-order valence-corrected chi connectivity index (χ1v) is 40.2. The van der Waals surface area contributed by atoms with Gasteiger partial charge in [-0.15, -0.1) is 0 Å². The van der Waals surface area contributed by atoms with Gasteiger partial charge < -0.3 is 67.7 Å². The SMILES string of the molecule is Cc1cn(-c2ccc(C(=O)O)cc2)c2ccccc12.O=C(O)c1ccc2c(ccn2-c2ccc(F)cc2)n1.O=C(O)c1cccc2c1ccn2-c1ccc(F)cc1.O=C(O)c1cn(-c2ccc(F)cc2)c2ccccc12.O=C(O)c1cn(-c2cccc(F)c2)c2ccccc12.O=C(O)c1cnc2c(ccn2-c2ccc(F)cc2)c1.O=C(O)c1cnc2ccn(-c3ccc(F)cc3)c2c1. The van der Waals surface area contributed by atoms with Crippen LogP contribution in [-0.4, -0.2) is 124 Å². The van der Waals surface area contributed by atoms with Gasteiger partial charge in [-0.05, 0) is 255 Å². The zero-order chi connectivity index (χ0) is 93.8. The zero-order valence-corrected chi connectivity index (χ0v) is 69.4. The van der Waals surface area contributed by atoms with Crippen molar-refractivity contribution in [2.75, 3.05) is 0 Å². The second-order valence-corrected chi connectivity index (χ2v) is 29.5. The Morgan fingerprint density at radius 1 is 0.256 bits per heavy atom. The number of rotatable bonds is 14. The molecule has 11 aromatic carbocycles. The van der Waals surface area contributed by atoms with Crippen LogP contribution in [0.4, 0.5) is 26.3 Å². The molecule has 30 heteroatoms. The summed E-state index contributed by atoms with van der Waals surface area (Å²) >= 11 is 0. The number of halogens is 6. The lowest BCUT2D eigenvalue weighted by Crippen LogP contribution is -2.00. The summed E-state index contributed by atoms with van der Waals surface area (Å²) in [6.45, 7) is 2.07. The van der Waals surface area contributed by atoms with Crippen molar-refractivity contribution in [3.05, 3.63) is 445 Å². The molecule has 24 nitrogen and oxygen atoms in total. The van der Waals surface area contributed by atoms with E-state index in [1.54, 1.807) is 213 Å². The third-order valence-electron chi connectivity index (χ3n) is 21.1. The van der Waals surface area contributed by atoms with Gasteiger partial charge in [0.05, 0.1) is 77.5 Å². The van der Waals surface area contributed by atoms with E-state index in [2.05, 4.69) is 44.8 Å². The van der Waals surface area contributed by atoms with E-state index in [4.69, 9.17) is 25.5 Å². The molecule has 0 saturated carbocycles. The van der Waals surface area contributed by atoms with Crippen LogP contribution in [0.3, 0.4) is 0 Å². The highest BCUT2D eigenvalue weighted by atomic mass is 19.1. The average molecular weight is 1790 g/mol. The van der Waals surface area contributed by atoms with Gasteiger partial charge in [0.25, 0.3) is 0 Å². The topological polar surface area (TPSA) is 334 Å². The van der Waals surface area contributed by atoms with Crippen molar-refractivity contribution in [1.82, 2.24) is 46.9 Å². The number of carbonyl (C=O) groups is 7.